The Morgan fingerprint density at radius 3 is 2.48 bits per heavy atom. The molecule has 116 valence electrons. The standard InChI is InChI=1S/C14H21ClN4O2/c1-9(2)12(16)13(20)19-5-3-11(4-6-19)21-14-17-7-10(15)8-18-14/h7-9,11-12H,3-6,16H2,1-2H3/t12-/m0/s1. The van der Waals surface area contributed by atoms with Gasteiger partial charge in [0.15, 0.2) is 0 Å². The highest BCUT2D eigenvalue weighted by Crippen LogP contribution is 2.18. The van der Waals surface area contributed by atoms with Gasteiger partial charge in [0.05, 0.1) is 23.5 Å². The van der Waals surface area contributed by atoms with Crippen molar-refractivity contribution >= 4 is 17.5 Å². The van der Waals surface area contributed by atoms with Crippen LogP contribution in [0.2, 0.25) is 5.02 Å². The van der Waals surface area contributed by atoms with E-state index in [0.29, 0.717) is 24.1 Å². The summed E-state index contributed by atoms with van der Waals surface area (Å²) in [7, 11) is 0. The molecule has 1 amide bonds. The summed E-state index contributed by atoms with van der Waals surface area (Å²) in [5, 5.41) is 0.477. The maximum absolute atomic E-state index is 12.2. The van der Waals surface area contributed by atoms with E-state index in [1.54, 1.807) is 0 Å². The van der Waals surface area contributed by atoms with Crippen LogP contribution in [-0.4, -0.2) is 46.0 Å². The SMILES string of the molecule is CC(C)[C@H](N)C(=O)N1CCC(Oc2ncc(Cl)cn2)CC1. The summed E-state index contributed by atoms with van der Waals surface area (Å²) in [6.07, 6.45) is 4.53. The molecule has 21 heavy (non-hydrogen) atoms. The van der Waals surface area contributed by atoms with Crippen LogP contribution in [0.1, 0.15) is 26.7 Å². The Balaban J connectivity index is 1.83. The highest BCUT2D eigenvalue weighted by atomic mass is 35.5. The number of likely N-dealkylation sites (tertiary alicyclic amines) is 1. The van der Waals surface area contributed by atoms with Crippen molar-refractivity contribution in [3.63, 3.8) is 0 Å². The quantitative estimate of drug-likeness (QED) is 0.910. The first kappa shape index (κ1) is 16.0. The molecule has 0 aliphatic carbocycles. The highest BCUT2D eigenvalue weighted by molar-refractivity contribution is 6.30. The Bertz CT molecular complexity index is 472. The molecular weight excluding hydrogens is 292 g/mol. The third kappa shape index (κ3) is 4.28. The minimum atomic E-state index is -0.429. The average molecular weight is 313 g/mol. The van der Waals surface area contributed by atoms with Crippen LogP contribution in [0.15, 0.2) is 12.4 Å². The van der Waals surface area contributed by atoms with Crippen molar-refractivity contribution in [2.45, 2.75) is 38.8 Å². The van der Waals surface area contributed by atoms with Crippen molar-refractivity contribution in [3.05, 3.63) is 17.4 Å². The van der Waals surface area contributed by atoms with Crippen LogP contribution in [-0.2, 0) is 4.79 Å². The molecule has 0 radical (unpaired) electrons. The molecule has 1 saturated heterocycles. The first-order chi connectivity index (χ1) is 9.97. The van der Waals surface area contributed by atoms with Gasteiger partial charge in [-0.1, -0.05) is 25.4 Å². The van der Waals surface area contributed by atoms with Crippen LogP contribution >= 0.6 is 11.6 Å². The van der Waals surface area contributed by atoms with Gasteiger partial charge in [-0.05, 0) is 5.92 Å². The molecule has 1 aromatic heterocycles. The molecule has 0 spiro atoms. The van der Waals surface area contributed by atoms with Crippen LogP contribution in [0.5, 0.6) is 6.01 Å². The number of halogens is 1. The van der Waals surface area contributed by atoms with Crippen molar-refractivity contribution in [1.82, 2.24) is 14.9 Å². The number of carbonyl (C=O) groups is 1. The number of hydrogen-bond acceptors (Lipinski definition) is 5. The highest BCUT2D eigenvalue weighted by Gasteiger charge is 2.28. The van der Waals surface area contributed by atoms with E-state index >= 15 is 0 Å². The van der Waals surface area contributed by atoms with Crippen molar-refractivity contribution in [3.8, 4) is 6.01 Å². The number of rotatable bonds is 4. The first-order valence-electron chi connectivity index (χ1n) is 7.16. The lowest BCUT2D eigenvalue weighted by Crippen LogP contribution is -2.50. The van der Waals surface area contributed by atoms with E-state index in [2.05, 4.69) is 9.97 Å². The molecule has 2 N–H and O–H groups in total. The summed E-state index contributed by atoms with van der Waals surface area (Å²) >= 11 is 5.73. The van der Waals surface area contributed by atoms with Gasteiger partial charge in [0.2, 0.25) is 5.91 Å². The largest absolute Gasteiger partial charge is 0.460 e. The summed E-state index contributed by atoms with van der Waals surface area (Å²) in [4.78, 5) is 22.0. The number of hydrogen-bond donors (Lipinski definition) is 1. The average Bonchev–Trinajstić information content (AvgIpc) is 2.49. The Kier molecular flexibility index (Phi) is 5.36. The van der Waals surface area contributed by atoms with Crippen LogP contribution in [0.4, 0.5) is 0 Å². The summed E-state index contributed by atoms with van der Waals surface area (Å²) < 4.78 is 5.70. The fourth-order valence-corrected chi connectivity index (χ4v) is 2.30. The van der Waals surface area contributed by atoms with Gasteiger partial charge >= 0.3 is 6.01 Å². The Morgan fingerprint density at radius 1 is 1.38 bits per heavy atom. The van der Waals surface area contributed by atoms with Gasteiger partial charge in [-0.2, -0.15) is 0 Å². The molecule has 0 unspecified atom stereocenters. The maximum atomic E-state index is 12.2. The van der Waals surface area contributed by atoms with E-state index in [-0.39, 0.29) is 17.9 Å². The lowest BCUT2D eigenvalue weighted by atomic mass is 10.0. The van der Waals surface area contributed by atoms with Gasteiger partial charge in [-0.15, -0.1) is 0 Å². The van der Waals surface area contributed by atoms with E-state index in [9.17, 15) is 4.79 Å². The van der Waals surface area contributed by atoms with Crippen molar-refractivity contribution in [1.29, 1.82) is 0 Å². The zero-order valence-corrected chi connectivity index (χ0v) is 13.1. The van der Waals surface area contributed by atoms with Crippen molar-refractivity contribution < 1.29 is 9.53 Å². The summed E-state index contributed by atoms with van der Waals surface area (Å²) in [5.41, 5.74) is 5.91. The second-order valence-electron chi connectivity index (χ2n) is 5.60. The molecule has 1 aliphatic rings. The minimum Gasteiger partial charge on any atom is -0.460 e. The van der Waals surface area contributed by atoms with E-state index in [0.717, 1.165) is 12.8 Å². The molecule has 1 aliphatic heterocycles. The summed E-state index contributed by atoms with van der Waals surface area (Å²) in [6.45, 7) is 5.21. The normalized spacial score (nSPS) is 17.9. The molecule has 1 aromatic rings. The zero-order chi connectivity index (χ0) is 15.4. The molecule has 0 saturated carbocycles. The Hall–Kier alpha value is -1.40. The van der Waals surface area contributed by atoms with Gasteiger partial charge in [-0.25, -0.2) is 9.97 Å². The molecule has 2 heterocycles. The third-order valence-electron chi connectivity index (χ3n) is 3.63. The van der Waals surface area contributed by atoms with E-state index in [1.165, 1.54) is 12.4 Å². The number of carbonyl (C=O) groups excluding carboxylic acids is 1. The molecule has 6 nitrogen and oxygen atoms in total. The number of amides is 1. The van der Waals surface area contributed by atoms with Gasteiger partial charge in [0, 0.05) is 25.9 Å². The van der Waals surface area contributed by atoms with E-state index < -0.39 is 6.04 Å². The molecule has 1 atom stereocenters. The van der Waals surface area contributed by atoms with Gasteiger partial charge < -0.3 is 15.4 Å². The monoisotopic (exact) mass is 312 g/mol. The fraction of sp³-hybridized carbons (Fsp3) is 0.643. The second kappa shape index (κ2) is 7.04. The first-order valence-corrected chi connectivity index (χ1v) is 7.53. The number of aromatic nitrogens is 2. The minimum absolute atomic E-state index is 0.0190. The third-order valence-corrected chi connectivity index (χ3v) is 3.82. The van der Waals surface area contributed by atoms with E-state index in [4.69, 9.17) is 22.1 Å². The predicted molar refractivity (Wildman–Crippen MR) is 80.1 cm³/mol. The van der Waals surface area contributed by atoms with Crippen molar-refractivity contribution in [2.75, 3.05) is 13.1 Å². The van der Waals surface area contributed by atoms with Gasteiger partial charge in [0.1, 0.15) is 6.10 Å². The molecule has 7 heteroatoms. The second-order valence-corrected chi connectivity index (χ2v) is 6.03. The number of ether oxygens (including phenoxy) is 1. The Labute approximate surface area is 129 Å². The van der Waals surface area contributed by atoms with Gasteiger partial charge in [0.25, 0.3) is 0 Å². The number of nitrogens with two attached hydrogens (primary N) is 1. The lowest BCUT2D eigenvalue weighted by molar-refractivity contribution is -0.135. The summed E-state index contributed by atoms with van der Waals surface area (Å²) in [6, 6.07) is -0.106. The zero-order valence-electron chi connectivity index (χ0n) is 12.3. The molecule has 0 bridgehead atoms. The van der Waals surface area contributed by atoms with E-state index in [1.807, 2.05) is 18.7 Å². The van der Waals surface area contributed by atoms with Crippen molar-refractivity contribution in [2.24, 2.45) is 11.7 Å². The maximum Gasteiger partial charge on any atom is 0.316 e. The smallest absolute Gasteiger partial charge is 0.316 e. The summed E-state index contributed by atoms with van der Waals surface area (Å²) in [5.74, 6) is 0.167. The fourth-order valence-electron chi connectivity index (χ4n) is 2.20. The molecular formula is C14H21ClN4O2. The van der Waals surface area contributed by atoms with Crippen LogP contribution in [0.25, 0.3) is 0 Å². The van der Waals surface area contributed by atoms with Crippen LogP contribution < -0.4 is 10.5 Å². The van der Waals surface area contributed by atoms with Gasteiger partial charge in [-0.3, -0.25) is 4.79 Å². The number of piperidine rings is 1. The predicted octanol–water partition coefficient (Wildman–Crippen LogP) is 1.48. The molecule has 0 aromatic carbocycles. The molecule has 1 fully saturated rings. The van der Waals surface area contributed by atoms with Crippen LogP contribution in [0, 0.1) is 5.92 Å². The van der Waals surface area contributed by atoms with Crippen LogP contribution in [0.3, 0.4) is 0 Å². The molecule has 2 rings (SSSR count). The topological polar surface area (TPSA) is 81.3 Å². The lowest BCUT2D eigenvalue weighted by Gasteiger charge is -2.33. The Morgan fingerprint density at radius 2 is 1.95 bits per heavy atom. The number of nitrogens with zero attached hydrogens (tertiary/aromatic N) is 3.